The third-order valence-corrected chi connectivity index (χ3v) is 2.49. The molecule has 0 saturated carbocycles. The molecule has 0 bridgehead atoms. The minimum atomic E-state index is -2.37. The molecule has 84 valence electrons. The summed E-state index contributed by atoms with van der Waals surface area (Å²) in [4.78, 5) is 0.566. The molecule has 0 atom stereocenters. The SMILES string of the molecule is OCCNCc1ccc(SC(F)F)cc1. The Kier molecular flexibility index (Phi) is 5.60. The van der Waals surface area contributed by atoms with Gasteiger partial charge in [-0.3, -0.25) is 0 Å². The minimum absolute atomic E-state index is 0.0965. The molecule has 1 rings (SSSR count). The number of hydrogen-bond donors (Lipinski definition) is 2. The minimum Gasteiger partial charge on any atom is -0.395 e. The molecular weight excluding hydrogens is 220 g/mol. The number of hydrogen-bond acceptors (Lipinski definition) is 3. The zero-order valence-electron chi connectivity index (χ0n) is 8.12. The van der Waals surface area contributed by atoms with E-state index in [4.69, 9.17) is 5.11 Å². The van der Waals surface area contributed by atoms with Gasteiger partial charge < -0.3 is 10.4 Å². The van der Waals surface area contributed by atoms with Gasteiger partial charge in [-0.25, -0.2) is 0 Å². The van der Waals surface area contributed by atoms with Gasteiger partial charge in [0.15, 0.2) is 0 Å². The molecule has 5 heteroatoms. The van der Waals surface area contributed by atoms with E-state index in [0.29, 0.717) is 29.7 Å². The predicted molar refractivity (Wildman–Crippen MR) is 57.1 cm³/mol. The zero-order valence-corrected chi connectivity index (χ0v) is 8.94. The average Bonchev–Trinajstić information content (AvgIpc) is 2.20. The van der Waals surface area contributed by atoms with Crippen molar-refractivity contribution in [1.82, 2.24) is 5.32 Å². The van der Waals surface area contributed by atoms with Crippen LogP contribution in [0.3, 0.4) is 0 Å². The summed E-state index contributed by atoms with van der Waals surface area (Å²) in [6.45, 7) is 1.27. The van der Waals surface area contributed by atoms with Crippen molar-refractivity contribution < 1.29 is 13.9 Å². The summed E-state index contributed by atoms with van der Waals surface area (Å²) in [5, 5.41) is 11.5. The van der Waals surface area contributed by atoms with Crippen LogP contribution in [0.25, 0.3) is 0 Å². The standard InChI is InChI=1S/C10H13F2NOS/c11-10(12)15-9-3-1-8(2-4-9)7-13-5-6-14/h1-4,10,13-14H,5-7H2. The van der Waals surface area contributed by atoms with E-state index in [9.17, 15) is 8.78 Å². The predicted octanol–water partition coefficient (Wildman–Crippen LogP) is 2.08. The molecule has 0 radical (unpaired) electrons. The molecular formula is C10H13F2NOS. The van der Waals surface area contributed by atoms with Crippen LogP contribution in [-0.4, -0.2) is 24.0 Å². The lowest BCUT2D eigenvalue weighted by Crippen LogP contribution is -2.17. The summed E-state index contributed by atoms with van der Waals surface area (Å²) in [6.07, 6.45) is 0. The normalized spacial score (nSPS) is 10.9. The van der Waals surface area contributed by atoms with Gasteiger partial charge in [-0.05, 0) is 17.7 Å². The van der Waals surface area contributed by atoms with Gasteiger partial charge >= 0.3 is 0 Å². The second-order valence-electron chi connectivity index (χ2n) is 2.92. The van der Waals surface area contributed by atoms with E-state index in [1.807, 2.05) is 0 Å². The monoisotopic (exact) mass is 233 g/mol. The summed E-state index contributed by atoms with van der Waals surface area (Å²) < 4.78 is 24.0. The Bertz CT molecular complexity index is 279. The first-order valence-corrected chi connectivity index (χ1v) is 5.45. The van der Waals surface area contributed by atoms with Gasteiger partial charge in [0, 0.05) is 18.0 Å². The van der Waals surface area contributed by atoms with Crippen LogP contribution >= 0.6 is 11.8 Å². The number of halogens is 2. The number of aliphatic hydroxyl groups excluding tert-OH is 1. The maximum atomic E-state index is 12.0. The number of aliphatic hydroxyl groups is 1. The van der Waals surface area contributed by atoms with E-state index in [1.54, 1.807) is 24.3 Å². The maximum Gasteiger partial charge on any atom is 0.288 e. The third kappa shape index (κ3) is 5.11. The van der Waals surface area contributed by atoms with Crippen LogP contribution in [0.5, 0.6) is 0 Å². The first-order valence-electron chi connectivity index (χ1n) is 4.57. The Balaban J connectivity index is 2.42. The molecule has 0 amide bonds. The van der Waals surface area contributed by atoms with Gasteiger partial charge in [-0.2, -0.15) is 8.78 Å². The van der Waals surface area contributed by atoms with Crippen molar-refractivity contribution >= 4 is 11.8 Å². The third-order valence-electron chi connectivity index (χ3n) is 1.77. The molecule has 0 aliphatic carbocycles. The highest BCUT2D eigenvalue weighted by Gasteiger charge is 2.04. The van der Waals surface area contributed by atoms with Crippen LogP contribution in [0, 0.1) is 0 Å². The van der Waals surface area contributed by atoms with Crippen LogP contribution in [0.1, 0.15) is 5.56 Å². The maximum absolute atomic E-state index is 12.0. The molecule has 0 heterocycles. The first-order chi connectivity index (χ1) is 7.22. The number of thioether (sulfide) groups is 1. The van der Waals surface area contributed by atoms with E-state index in [1.165, 1.54) is 0 Å². The molecule has 0 aliphatic heterocycles. The Labute approximate surface area is 91.7 Å². The Morgan fingerprint density at radius 1 is 1.27 bits per heavy atom. The molecule has 0 spiro atoms. The fourth-order valence-electron chi connectivity index (χ4n) is 1.10. The van der Waals surface area contributed by atoms with Crippen molar-refractivity contribution in [3.63, 3.8) is 0 Å². The molecule has 2 nitrogen and oxygen atoms in total. The lowest BCUT2D eigenvalue weighted by Gasteiger charge is -2.04. The lowest BCUT2D eigenvalue weighted by molar-refractivity contribution is 0.252. The molecule has 0 saturated heterocycles. The van der Waals surface area contributed by atoms with Crippen molar-refractivity contribution in [3.05, 3.63) is 29.8 Å². The number of alkyl halides is 2. The largest absolute Gasteiger partial charge is 0.395 e. The Hall–Kier alpha value is -0.650. The van der Waals surface area contributed by atoms with Crippen molar-refractivity contribution in [1.29, 1.82) is 0 Å². The van der Waals surface area contributed by atoms with E-state index in [0.717, 1.165) is 5.56 Å². The fraction of sp³-hybridized carbons (Fsp3) is 0.400. The van der Waals surface area contributed by atoms with Crippen molar-refractivity contribution in [2.24, 2.45) is 0 Å². The van der Waals surface area contributed by atoms with E-state index >= 15 is 0 Å². The summed E-state index contributed by atoms with van der Waals surface area (Å²) in [6, 6.07) is 6.95. The van der Waals surface area contributed by atoms with Gasteiger partial charge in [0.25, 0.3) is 5.76 Å². The summed E-state index contributed by atoms with van der Waals surface area (Å²) in [5.41, 5.74) is 1.02. The van der Waals surface area contributed by atoms with Crippen molar-refractivity contribution in [3.8, 4) is 0 Å². The van der Waals surface area contributed by atoms with Gasteiger partial charge in [0.1, 0.15) is 0 Å². The topological polar surface area (TPSA) is 32.3 Å². The summed E-state index contributed by atoms with van der Waals surface area (Å²) in [7, 11) is 0. The average molecular weight is 233 g/mol. The van der Waals surface area contributed by atoms with Crippen LogP contribution in [0.15, 0.2) is 29.2 Å². The smallest absolute Gasteiger partial charge is 0.288 e. The van der Waals surface area contributed by atoms with Gasteiger partial charge in [0.05, 0.1) is 6.61 Å². The van der Waals surface area contributed by atoms with Crippen LogP contribution in [0.2, 0.25) is 0 Å². The summed E-state index contributed by atoms with van der Waals surface area (Å²) in [5.74, 6) is -2.37. The number of benzene rings is 1. The molecule has 0 aromatic heterocycles. The van der Waals surface area contributed by atoms with E-state index in [2.05, 4.69) is 5.32 Å². The fourth-order valence-corrected chi connectivity index (χ4v) is 1.60. The highest BCUT2D eigenvalue weighted by atomic mass is 32.2. The van der Waals surface area contributed by atoms with Crippen LogP contribution < -0.4 is 5.32 Å². The van der Waals surface area contributed by atoms with Gasteiger partial charge in [-0.15, -0.1) is 0 Å². The van der Waals surface area contributed by atoms with E-state index < -0.39 is 5.76 Å². The molecule has 0 unspecified atom stereocenters. The molecule has 15 heavy (non-hydrogen) atoms. The first kappa shape index (κ1) is 12.4. The van der Waals surface area contributed by atoms with Crippen LogP contribution in [-0.2, 0) is 6.54 Å². The highest BCUT2D eigenvalue weighted by molar-refractivity contribution is 7.99. The van der Waals surface area contributed by atoms with Gasteiger partial charge in [-0.1, -0.05) is 23.9 Å². The molecule has 0 aliphatic rings. The molecule has 1 aromatic carbocycles. The van der Waals surface area contributed by atoms with Crippen molar-refractivity contribution in [2.75, 3.05) is 13.2 Å². The number of nitrogens with one attached hydrogen (secondary N) is 1. The van der Waals surface area contributed by atoms with E-state index in [-0.39, 0.29) is 6.61 Å². The quantitative estimate of drug-likeness (QED) is 0.583. The zero-order chi connectivity index (χ0) is 11.1. The second-order valence-corrected chi connectivity index (χ2v) is 3.99. The molecule has 0 fully saturated rings. The van der Waals surface area contributed by atoms with Crippen LogP contribution in [0.4, 0.5) is 8.78 Å². The lowest BCUT2D eigenvalue weighted by atomic mass is 10.2. The molecule has 1 aromatic rings. The Morgan fingerprint density at radius 3 is 2.47 bits per heavy atom. The highest BCUT2D eigenvalue weighted by Crippen LogP contribution is 2.24. The second kappa shape index (κ2) is 6.76. The number of rotatable bonds is 6. The van der Waals surface area contributed by atoms with Gasteiger partial charge in [0.2, 0.25) is 0 Å². The van der Waals surface area contributed by atoms with Crippen molar-refractivity contribution in [2.45, 2.75) is 17.2 Å². The molecule has 2 N–H and O–H groups in total. The summed E-state index contributed by atoms with van der Waals surface area (Å²) >= 11 is 0.542. The Morgan fingerprint density at radius 2 is 1.93 bits per heavy atom.